The van der Waals surface area contributed by atoms with Gasteiger partial charge in [-0.1, -0.05) is 6.92 Å². The first-order valence-corrected chi connectivity index (χ1v) is 5.90. The minimum atomic E-state index is -4.45. The van der Waals surface area contributed by atoms with Crippen LogP contribution in [0.15, 0.2) is 16.7 Å². The number of nitrogens with zero attached hydrogens (tertiary/aromatic N) is 1. The highest BCUT2D eigenvalue weighted by Gasteiger charge is 2.33. The first kappa shape index (κ1) is 14.9. The number of hydrogen-bond donors (Lipinski definition) is 0. The molecule has 1 heterocycles. The summed E-state index contributed by atoms with van der Waals surface area (Å²) in [6.07, 6.45) is -2.72. The van der Waals surface area contributed by atoms with Crippen molar-refractivity contribution in [2.45, 2.75) is 19.5 Å². The molecule has 0 spiro atoms. The van der Waals surface area contributed by atoms with Gasteiger partial charge in [0, 0.05) is 18.8 Å². The summed E-state index contributed by atoms with van der Waals surface area (Å²) in [5.41, 5.74) is 0.159. The van der Waals surface area contributed by atoms with Crippen LogP contribution in [0, 0.1) is 0 Å². The summed E-state index contributed by atoms with van der Waals surface area (Å²) in [4.78, 5) is 12.6. The topological polar surface area (TPSA) is 33.5 Å². The maximum Gasteiger partial charge on any atom is 0.406 e. The van der Waals surface area contributed by atoms with Crippen LogP contribution < -0.4 is 0 Å². The highest BCUT2D eigenvalue weighted by Crippen LogP contribution is 2.20. The molecule has 0 aliphatic rings. The van der Waals surface area contributed by atoms with Crippen molar-refractivity contribution in [3.05, 3.63) is 23.7 Å². The first-order valence-electron chi connectivity index (χ1n) is 5.37. The monoisotopic (exact) mass is 283 g/mol. The number of carbonyl (C=O) groups is 1. The van der Waals surface area contributed by atoms with E-state index < -0.39 is 18.6 Å². The zero-order valence-electron chi connectivity index (χ0n) is 9.76. The molecule has 0 saturated carbocycles. The van der Waals surface area contributed by atoms with E-state index in [0.29, 0.717) is 17.1 Å². The fourth-order valence-corrected chi connectivity index (χ4v) is 1.75. The Kier molecular flexibility index (Phi) is 5.07. The third-order valence-electron chi connectivity index (χ3n) is 2.31. The number of halogens is 4. The largest absolute Gasteiger partial charge is 0.469 e. The number of rotatable bonds is 5. The average molecular weight is 284 g/mol. The van der Waals surface area contributed by atoms with Crippen LogP contribution in [0.25, 0.3) is 0 Å². The fraction of sp³-hybridized carbons (Fsp3) is 0.545. The Morgan fingerprint density at radius 1 is 1.50 bits per heavy atom. The zero-order chi connectivity index (χ0) is 13.8. The van der Waals surface area contributed by atoms with Crippen molar-refractivity contribution in [2.24, 2.45) is 0 Å². The van der Waals surface area contributed by atoms with Crippen LogP contribution in [-0.2, 0) is 6.42 Å². The van der Waals surface area contributed by atoms with Crippen molar-refractivity contribution >= 4 is 17.5 Å². The van der Waals surface area contributed by atoms with Crippen molar-refractivity contribution in [3.8, 4) is 0 Å². The van der Waals surface area contributed by atoms with Gasteiger partial charge in [-0.3, -0.25) is 4.79 Å². The van der Waals surface area contributed by atoms with Crippen molar-refractivity contribution in [3.63, 3.8) is 0 Å². The number of amides is 1. The number of alkyl halides is 4. The molecule has 0 N–H and O–H groups in total. The molecule has 7 heteroatoms. The van der Waals surface area contributed by atoms with Gasteiger partial charge >= 0.3 is 6.18 Å². The molecule has 1 amide bonds. The maximum atomic E-state index is 12.4. The van der Waals surface area contributed by atoms with Crippen molar-refractivity contribution in [2.75, 3.05) is 19.0 Å². The third kappa shape index (κ3) is 3.94. The normalized spacial score (nSPS) is 11.6. The van der Waals surface area contributed by atoms with E-state index in [9.17, 15) is 18.0 Å². The van der Waals surface area contributed by atoms with Crippen LogP contribution in [0.4, 0.5) is 13.2 Å². The quantitative estimate of drug-likeness (QED) is 0.778. The molecular weight excluding hydrogens is 271 g/mol. The van der Waals surface area contributed by atoms with Gasteiger partial charge in [0.05, 0.1) is 11.8 Å². The molecule has 1 rings (SSSR count). The Balaban J connectivity index is 2.89. The lowest BCUT2D eigenvalue weighted by molar-refractivity contribution is -0.140. The molecule has 0 unspecified atom stereocenters. The zero-order valence-corrected chi connectivity index (χ0v) is 10.5. The van der Waals surface area contributed by atoms with Crippen LogP contribution >= 0.6 is 11.6 Å². The number of carbonyl (C=O) groups excluding carboxylic acids is 1. The second kappa shape index (κ2) is 6.13. The minimum absolute atomic E-state index is 0.0544. The smallest absolute Gasteiger partial charge is 0.406 e. The Labute approximate surface area is 108 Å². The van der Waals surface area contributed by atoms with Gasteiger partial charge < -0.3 is 9.32 Å². The van der Waals surface area contributed by atoms with Gasteiger partial charge in [-0.15, -0.1) is 11.6 Å². The lowest BCUT2D eigenvalue weighted by Crippen LogP contribution is -2.40. The molecule has 0 saturated heterocycles. The highest BCUT2D eigenvalue weighted by molar-refractivity contribution is 6.18. The molecule has 0 bridgehead atoms. The van der Waals surface area contributed by atoms with E-state index in [0.717, 1.165) is 0 Å². The Morgan fingerprint density at radius 2 is 2.17 bits per heavy atom. The molecule has 102 valence electrons. The van der Waals surface area contributed by atoms with Crippen LogP contribution in [-0.4, -0.2) is 36.0 Å². The second-order valence-corrected chi connectivity index (χ2v) is 4.02. The van der Waals surface area contributed by atoms with Gasteiger partial charge in [0.15, 0.2) is 0 Å². The lowest BCUT2D eigenvalue weighted by Gasteiger charge is -2.22. The highest BCUT2D eigenvalue weighted by atomic mass is 35.5. The number of hydrogen-bond acceptors (Lipinski definition) is 2. The predicted molar refractivity (Wildman–Crippen MR) is 60.8 cm³/mol. The molecule has 3 nitrogen and oxygen atoms in total. The predicted octanol–water partition coefficient (Wildman–Crippen LogP) is 3.09. The SMILES string of the molecule is CCc1occc1C(=O)N(CCCl)CC(F)(F)F. The third-order valence-corrected chi connectivity index (χ3v) is 2.48. The Bertz CT molecular complexity index is 403. The second-order valence-electron chi connectivity index (χ2n) is 3.64. The summed E-state index contributed by atoms with van der Waals surface area (Å²) < 4.78 is 42.1. The van der Waals surface area contributed by atoms with E-state index in [4.69, 9.17) is 16.0 Å². The van der Waals surface area contributed by atoms with Crippen molar-refractivity contribution in [1.29, 1.82) is 0 Å². The van der Waals surface area contributed by atoms with Gasteiger partial charge in [-0.05, 0) is 6.07 Å². The Morgan fingerprint density at radius 3 is 2.67 bits per heavy atom. The van der Waals surface area contributed by atoms with Crippen LogP contribution in [0.5, 0.6) is 0 Å². The molecule has 0 aliphatic carbocycles. The van der Waals surface area contributed by atoms with E-state index in [1.54, 1.807) is 6.92 Å². The summed E-state index contributed by atoms with van der Waals surface area (Å²) in [6.45, 7) is 0.284. The van der Waals surface area contributed by atoms with Crippen LogP contribution in [0.3, 0.4) is 0 Å². The molecule has 1 aromatic heterocycles. The lowest BCUT2D eigenvalue weighted by atomic mass is 10.2. The van der Waals surface area contributed by atoms with Gasteiger partial charge in [0.25, 0.3) is 5.91 Å². The Hall–Kier alpha value is -1.17. The summed E-state index contributed by atoms with van der Waals surface area (Å²) in [7, 11) is 0. The molecule has 0 aromatic carbocycles. The number of aryl methyl sites for hydroxylation is 1. The number of furan rings is 1. The van der Waals surface area contributed by atoms with Crippen LogP contribution in [0.2, 0.25) is 0 Å². The van der Waals surface area contributed by atoms with Crippen molar-refractivity contribution < 1.29 is 22.4 Å². The van der Waals surface area contributed by atoms with Gasteiger partial charge in [0.2, 0.25) is 0 Å². The van der Waals surface area contributed by atoms with Crippen molar-refractivity contribution in [1.82, 2.24) is 4.90 Å². The fourth-order valence-electron chi connectivity index (χ4n) is 1.55. The van der Waals surface area contributed by atoms with E-state index in [1.165, 1.54) is 12.3 Å². The van der Waals surface area contributed by atoms with Gasteiger partial charge in [0.1, 0.15) is 12.3 Å². The van der Waals surface area contributed by atoms with Crippen LogP contribution in [0.1, 0.15) is 23.0 Å². The van der Waals surface area contributed by atoms with E-state index in [-0.39, 0.29) is 18.0 Å². The molecule has 0 radical (unpaired) electrons. The average Bonchev–Trinajstić information content (AvgIpc) is 2.73. The molecule has 0 atom stereocenters. The standard InChI is InChI=1S/C11H13ClF3NO2/c1-2-9-8(3-6-18-9)10(17)16(5-4-12)7-11(13,14)15/h3,6H,2,4-5,7H2,1H3. The minimum Gasteiger partial charge on any atom is -0.469 e. The summed E-state index contributed by atoms with van der Waals surface area (Å²) >= 11 is 5.42. The summed E-state index contributed by atoms with van der Waals surface area (Å²) in [6, 6.07) is 1.37. The summed E-state index contributed by atoms with van der Waals surface area (Å²) in [5.74, 6) is -0.387. The van der Waals surface area contributed by atoms with E-state index in [2.05, 4.69) is 0 Å². The van der Waals surface area contributed by atoms with E-state index >= 15 is 0 Å². The summed E-state index contributed by atoms with van der Waals surface area (Å²) in [5, 5.41) is 0. The molecule has 18 heavy (non-hydrogen) atoms. The van der Waals surface area contributed by atoms with Gasteiger partial charge in [-0.2, -0.15) is 13.2 Å². The molecule has 0 fully saturated rings. The molecule has 0 aliphatic heterocycles. The first-order chi connectivity index (χ1) is 8.39. The molecular formula is C11H13ClF3NO2. The van der Waals surface area contributed by atoms with Gasteiger partial charge in [-0.25, -0.2) is 0 Å². The van der Waals surface area contributed by atoms with E-state index in [1.807, 2.05) is 0 Å². The molecule has 1 aromatic rings. The maximum absolute atomic E-state index is 12.4.